The minimum Gasteiger partial charge on any atom is -0.497 e. The number of carbonyl (C=O) groups excluding carboxylic acids is 1. The van der Waals surface area contributed by atoms with Gasteiger partial charge in [-0.25, -0.2) is 8.42 Å². The molecule has 6 nitrogen and oxygen atoms in total. The Labute approximate surface area is 209 Å². The van der Waals surface area contributed by atoms with Gasteiger partial charge in [-0.3, -0.25) is 4.79 Å². The van der Waals surface area contributed by atoms with E-state index in [0.717, 1.165) is 62.8 Å². The van der Waals surface area contributed by atoms with E-state index < -0.39 is 10.0 Å². The molecule has 2 aliphatic heterocycles. The number of likely N-dealkylation sites (tertiary alicyclic amines) is 1. The second kappa shape index (κ2) is 10.3. The number of piperidine rings is 1. The van der Waals surface area contributed by atoms with E-state index >= 15 is 0 Å². The topological polar surface area (TPSA) is 66.9 Å². The van der Waals surface area contributed by atoms with E-state index in [9.17, 15) is 13.2 Å². The van der Waals surface area contributed by atoms with Crippen molar-refractivity contribution in [3.05, 3.63) is 59.2 Å². The fraction of sp³-hybridized carbons (Fsp3) is 0.536. The third-order valence-corrected chi connectivity index (χ3v) is 9.94. The minimum absolute atomic E-state index is 0.0732. The van der Waals surface area contributed by atoms with Crippen LogP contribution < -0.4 is 4.74 Å². The van der Waals surface area contributed by atoms with Crippen LogP contribution in [0.25, 0.3) is 0 Å². The first-order valence-electron chi connectivity index (χ1n) is 13.0. The van der Waals surface area contributed by atoms with Crippen molar-refractivity contribution in [2.24, 2.45) is 5.92 Å². The van der Waals surface area contributed by atoms with Crippen LogP contribution in [0, 0.1) is 5.92 Å². The normalized spacial score (nSPS) is 22.0. The Kier molecular flexibility index (Phi) is 7.17. The zero-order valence-corrected chi connectivity index (χ0v) is 21.4. The Bertz CT molecular complexity index is 1150. The van der Waals surface area contributed by atoms with E-state index in [4.69, 9.17) is 4.74 Å². The van der Waals surface area contributed by atoms with Gasteiger partial charge in [-0.2, -0.15) is 4.31 Å². The van der Waals surface area contributed by atoms with Gasteiger partial charge in [-0.15, -0.1) is 0 Å². The molecule has 1 unspecified atom stereocenters. The fourth-order valence-corrected chi connectivity index (χ4v) is 7.50. The molecule has 35 heavy (non-hydrogen) atoms. The Hall–Kier alpha value is -2.38. The zero-order valence-electron chi connectivity index (χ0n) is 20.6. The first-order valence-corrected chi connectivity index (χ1v) is 14.5. The van der Waals surface area contributed by atoms with Crippen LogP contribution in [0.15, 0.2) is 47.4 Å². The van der Waals surface area contributed by atoms with Crippen molar-refractivity contribution in [1.29, 1.82) is 0 Å². The molecule has 7 heteroatoms. The van der Waals surface area contributed by atoms with Crippen molar-refractivity contribution in [3.63, 3.8) is 0 Å². The van der Waals surface area contributed by atoms with E-state index in [1.807, 2.05) is 24.3 Å². The van der Waals surface area contributed by atoms with Crippen molar-refractivity contribution in [2.75, 3.05) is 26.7 Å². The van der Waals surface area contributed by atoms with E-state index in [-0.39, 0.29) is 17.9 Å². The number of hydrogen-bond acceptors (Lipinski definition) is 4. The molecular formula is C28H36N2O4S. The lowest BCUT2D eigenvalue weighted by atomic mass is 9.94. The number of rotatable bonds is 5. The van der Waals surface area contributed by atoms with E-state index in [1.54, 1.807) is 17.5 Å². The van der Waals surface area contributed by atoms with Gasteiger partial charge in [0.15, 0.2) is 0 Å². The largest absolute Gasteiger partial charge is 0.497 e. The summed E-state index contributed by atoms with van der Waals surface area (Å²) in [5.41, 5.74) is 3.59. The van der Waals surface area contributed by atoms with Crippen LogP contribution in [0.1, 0.15) is 67.7 Å². The lowest BCUT2D eigenvalue weighted by Crippen LogP contribution is -2.45. The average Bonchev–Trinajstić information content (AvgIpc) is 3.23. The minimum atomic E-state index is -3.53. The van der Waals surface area contributed by atoms with Crippen LogP contribution in [0.5, 0.6) is 5.75 Å². The molecule has 0 bridgehead atoms. The number of ether oxygens (including phenoxy) is 1. The van der Waals surface area contributed by atoms with Crippen molar-refractivity contribution >= 4 is 15.9 Å². The van der Waals surface area contributed by atoms with Crippen LogP contribution in [0.2, 0.25) is 0 Å². The highest BCUT2D eigenvalue weighted by Gasteiger charge is 2.36. The van der Waals surface area contributed by atoms with E-state index in [1.165, 1.54) is 11.1 Å². The van der Waals surface area contributed by atoms with Gasteiger partial charge in [0.05, 0.1) is 18.0 Å². The molecule has 1 aliphatic carbocycles. The summed E-state index contributed by atoms with van der Waals surface area (Å²) in [4.78, 5) is 16.2. The summed E-state index contributed by atoms with van der Waals surface area (Å²) in [6.45, 7) is 1.57. The molecule has 0 aromatic heterocycles. The summed E-state index contributed by atoms with van der Waals surface area (Å²) < 4.78 is 33.5. The summed E-state index contributed by atoms with van der Waals surface area (Å²) in [6, 6.07) is 13.7. The molecule has 0 radical (unpaired) electrons. The molecule has 2 heterocycles. The van der Waals surface area contributed by atoms with Gasteiger partial charge in [0.25, 0.3) is 0 Å². The predicted octanol–water partition coefficient (Wildman–Crippen LogP) is 4.73. The monoisotopic (exact) mass is 496 g/mol. The number of hydrogen-bond donors (Lipinski definition) is 0. The van der Waals surface area contributed by atoms with E-state index in [2.05, 4.69) is 17.0 Å². The summed E-state index contributed by atoms with van der Waals surface area (Å²) in [5, 5.41) is 0. The maximum atomic E-state index is 13.7. The number of benzene rings is 2. The summed E-state index contributed by atoms with van der Waals surface area (Å²) in [7, 11) is -1.87. The molecule has 5 rings (SSSR count). The van der Waals surface area contributed by atoms with Gasteiger partial charge in [-0.1, -0.05) is 31.0 Å². The number of aryl methyl sites for hydroxylation is 2. The average molecular weight is 497 g/mol. The molecule has 0 saturated carbocycles. The van der Waals surface area contributed by atoms with Crippen molar-refractivity contribution in [3.8, 4) is 5.75 Å². The molecule has 1 amide bonds. The van der Waals surface area contributed by atoms with Gasteiger partial charge in [0, 0.05) is 25.6 Å². The molecule has 2 fully saturated rings. The quantitative estimate of drug-likeness (QED) is 0.600. The molecule has 3 aliphatic rings. The SMILES string of the molecule is COc1ccc(C2CCCCCN2C(=O)C2CCN(S(=O)(=O)c3ccc4c(c3)CCC4)CC2)cc1. The highest BCUT2D eigenvalue weighted by Crippen LogP contribution is 2.35. The molecule has 2 aromatic carbocycles. The number of fused-ring (bicyclic) bond motifs is 1. The van der Waals surface area contributed by atoms with Gasteiger partial charge >= 0.3 is 0 Å². The lowest BCUT2D eigenvalue weighted by Gasteiger charge is -2.37. The smallest absolute Gasteiger partial charge is 0.243 e. The fourth-order valence-electron chi connectivity index (χ4n) is 5.98. The Morgan fingerprint density at radius 1 is 0.857 bits per heavy atom. The van der Waals surface area contributed by atoms with Gasteiger partial charge in [0.2, 0.25) is 15.9 Å². The highest BCUT2D eigenvalue weighted by molar-refractivity contribution is 7.89. The predicted molar refractivity (Wildman–Crippen MR) is 136 cm³/mol. The first-order chi connectivity index (χ1) is 17.0. The number of amides is 1. The van der Waals surface area contributed by atoms with Crippen molar-refractivity contribution in [2.45, 2.75) is 68.7 Å². The maximum Gasteiger partial charge on any atom is 0.243 e. The Morgan fingerprint density at radius 3 is 2.34 bits per heavy atom. The molecule has 188 valence electrons. The Balaban J connectivity index is 1.27. The Morgan fingerprint density at radius 2 is 1.60 bits per heavy atom. The van der Waals surface area contributed by atoms with Crippen LogP contribution in [0.4, 0.5) is 0 Å². The van der Waals surface area contributed by atoms with Crippen molar-refractivity contribution < 1.29 is 17.9 Å². The summed E-state index contributed by atoms with van der Waals surface area (Å²) in [5.74, 6) is 0.875. The number of nitrogens with zero attached hydrogens (tertiary/aromatic N) is 2. The van der Waals surface area contributed by atoms with E-state index in [0.29, 0.717) is 30.8 Å². The second-order valence-electron chi connectivity index (χ2n) is 10.1. The van der Waals surface area contributed by atoms with Crippen LogP contribution in [-0.2, 0) is 27.7 Å². The maximum absolute atomic E-state index is 13.7. The molecular weight excluding hydrogens is 460 g/mol. The molecule has 1 atom stereocenters. The standard InChI is InChI=1S/C28H36N2O4S/c1-34-25-12-9-22(10-13-25)27-8-3-2-4-17-30(27)28(31)23-15-18-29(19-16-23)35(32,33)26-14-11-21-6-5-7-24(21)20-26/h9-14,20,23,27H,2-8,15-19H2,1H3. The molecule has 0 spiro atoms. The van der Waals surface area contributed by atoms with Crippen LogP contribution >= 0.6 is 0 Å². The van der Waals surface area contributed by atoms with Crippen molar-refractivity contribution in [1.82, 2.24) is 9.21 Å². The number of sulfonamides is 1. The molecule has 2 aromatic rings. The second-order valence-corrected chi connectivity index (χ2v) is 12.1. The first kappa shape index (κ1) is 24.3. The lowest BCUT2D eigenvalue weighted by molar-refractivity contribution is -0.139. The molecule has 2 saturated heterocycles. The highest BCUT2D eigenvalue weighted by atomic mass is 32.2. The number of carbonyl (C=O) groups is 1. The van der Waals surface area contributed by atoms with Gasteiger partial charge < -0.3 is 9.64 Å². The molecule has 0 N–H and O–H groups in total. The van der Waals surface area contributed by atoms with Crippen LogP contribution in [0.3, 0.4) is 0 Å². The van der Waals surface area contributed by atoms with Crippen LogP contribution in [-0.4, -0.2) is 50.3 Å². The number of methoxy groups -OCH3 is 1. The third-order valence-electron chi connectivity index (χ3n) is 8.05. The zero-order chi connectivity index (χ0) is 24.4. The summed E-state index contributed by atoms with van der Waals surface area (Å²) in [6.07, 6.45) is 8.47. The third kappa shape index (κ3) is 4.98. The summed E-state index contributed by atoms with van der Waals surface area (Å²) >= 11 is 0. The van der Waals surface area contributed by atoms with Gasteiger partial charge in [-0.05, 0) is 85.9 Å². The van der Waals surface area contributed by atoms with Gasteiger partial charge in [0.1, 0.15) is 5.75 Å².